The van der Waals surface area contributed by atoms with Crippen LogP contribution in [0.3, 0.4) is 0 Å². The van der Waals surface area contributed by atoms with Gasteiger partial charge in [-0.05, 0) is 100 Å². The van der Waals surface area contributed by atoms with Crippen LogP contribution >= 0.6 is 21.6 Å². The number of benzene rings is 3. The zero-order chi connectivity index (χ0) is 81.4. The van der Waals surface area contributed by atoms with Gasteiger partial charge in [-0.2, -0.15) is 5.10 Å². The van der Waals surface area contributed by atoms with Gasteiger partial charge in [-0.1, -0.05) is 126 Å². The van der Waals surface area contributed by atoms with E-state index < -0.39 is 118 Å². The van der Waals surface area contributed by atoms with E-state index in [-0.39, 0.29) is 136 Å². The van der Waals surface area contributed by atoms with Crippen LogP contribution in [0.25, 0.3) is 0 Å². The lowest BCUT2D eigenvalue weighted by Gasteiger charge is -2.37. The molecule has 11 amide bonds. The third-order valence-electron chi connectivity index (χ3n) is 19.4. The number of aromatic hydroxyl groups is 1. The highest BCUT2D eigenvalue weighted by Gasteiger charge is 2.43. The van der Waals surface area contributed by atoms with Gasteiger partial charge in [0, 0.05) is 101 Å². The molecular weight excluding hydrogens is 1460 g/mol. The maximum atomic E-state index is 14.5. The Hall–Kier alpha value is -9.01. The summed E-state index contributed by atoms with van der Waals surface area (Å²) in [6.45, 7) is 23.9. The van der Waals surface area contributed by atoms with Crippen LogP contribution in [0.1, 0.15) is 183 Å². The predicted octanol–water partition coefficient (Wildman–Crippen LogP) is 7.86. The van der Waals surface area contributed by atoms with E-state index in [0.29, 0.717) is 52.7 Å². The Balaban J connectivity index is 0.900. The number of imide groups is 1. The van der Waals surface area contributed by atoms with Gasteiger partial charge in [-0.15, -0.1) is 5.06 Å². The Bertz CT molecular complexity index is 3720. The van der Waals surface area contributed by atoms with E-state index in [0.717, 1.165) is 6.42 Å². The van der Waals surface area contributed by atoms with Crippen molar-refractivity contribution in [3.63, 3.8) is 0 Å². The number of rotatable bonds is 40. The Kier molecular flexibility index (Phi) is 34.7. The molecule has 0 aliphatic carbocycles. The largest absolute Gasteiger partial charge is 0.507 e. The van der Waals surface area contributed by atoms with E-state index >= 15 is 0 Å². The van der Waals surface area contributed by atoms with Crippen molar-refractivity contribution in [1.29, 1.82) is 0 Å². The molecule has 2 saturated heterocycles. The zero-order valence-electron chi connectivity index (χ0n) is 66.1. The van der Waals surface area contributed by atoms with Crippen molar-refractivity contribution in [2.24, 2.45) is 34.7 Å². The summed E-state index contributed by atoms with van der Waals surface area (Å²) in [4.78, 5) is 169. The minimum absolute atomic E-state index is 0.0147. The van der Waals surface area contributed by atoms with Gasteiger partial charge in [0.25, 0.3) is 11.8 Å². The van der Waals surface area contributed by atoms with Crippen LogP contribution in [0.15, 0.2) is 71.8 Å². The molecule has 30 nitrogen and oxygen atoms in total. The van der Waals surface area contributed by atoms with E-state index in [1.54, 1.807) is 101 Å². The molecular formula is C78H113N11O19S2. The SMILES string of the molecule is CO[C@H]([C@@H](C)C(=O)N[C@H](C)[C@@H](O)c1ccccc1)[C@@H]1CCCN1C(=O)CC[C@H](C(C)C)N(C)C(=O)[C@@H](NC(=O)[C@H](C(C)C)N(C)C(=O)OCc1ccc(NC(=O)[C@H](C)NC(=O)[C@@H](NC(=O)CCSSC(C)(C)CC(=O)N/N=C2\CCOc3cc(OCCCC(=O)ON4C(=O)CCC4=O)cc(O)c32)C(C)C)cc1)C(C)C. The first kappa shape index (κ1) is 89.9. The number of amides is 11. The number of ether oxygens (including phenoxy) is 4. The molecule has 0 aromatic heterocycles. The molecule has 606 valence electrons. The molecule has 8 N–H and O–H groups in total. The molecule has 10 atom stereocenters. The summed E-state index contributed by atoms with van der Waals surface area (Å²) in [7, 11) is 7.41. The van der Waals surface area contributed by atoms with E-state index in [2.05, 4.69) is 37.1 Å². The van der Waals surface area contributed by atoms with Crippen molar-refractivity contribution >= 4 is 104 Å². The maximum Gasteiger partial charge on any atom is 0.410 e. The first-order valence-corrected chi connectivity index (χ1v) is 39.9. The first-order chi connectivity index (χ1) is 51.9. The number of aliphatic hydroxyl groups excluding tert-OH is 1. The molecule has 2 fully saturated rings. The Labute approximate surface area is 652 Å². The number of nitrogens with zero attached hydrogens (tertiary/aromatic N) is 5. The number of phenolic OH excluding ortho intramolecular Hbond substituents is 1. The van der Waals surface area contributed by atoms with Crippen LogP contribution < -0.4 is 41.5 Å². The number of aliphatic hydroxyl groups is 1. The number of carbonyl (C=O) groups excluding carboxylic acids is 12. The fraction of sp³-hybridized carbons (Fsp3) is 0.603. The van der Waals surface area contributed by atoms with Crippen LogP contribution in [0.4, 0.5) is 10.5 Å². The minimum Gasteiger partial charge on any atom is -0.507 e. The lowest BCUT2D eigenvalue weighted by Crippen LogP contribution is -2.58. The van der Waals surface area contributed by atoms with E-state index in [9.17, 15) is 67.7 Å². The van der Waals surface area contributed by atoms with Gasteiger partial charge in [0.1, 0.15) is 48.0 Å². The Morgan fingerprint density at radius 2 is 1.40 bits per heavy atom. The van der Waals surface area contributed by atoms with Crippen LogP contribution in [0, 0.1) is 29.6 Å². The molecule has 110 heavy (non-hydrogen) atoms. The second-order valence-corrected chi connectivity index (χ2v) is 33.2. The molecule has 0 unspecified atom stereocenters. The van der Waals surface area contributed by atoms with Crippen molar-refractivity contribution in [2.45, 2.75) is 226 Å². The third kappa shape index (κ3) is 26.1. The highest BCUT2D eigenvalue weighted by Crippen LogP contribution is 2.40. The van der Waals surface area contributed by atoms with E-state index in [4.69, 9.17) is 23.8 Å². The summed E-state index contributed by atoms with van der Waals surface area (Å²) >= 11 is 0. The topological polar surface area (TPSA) is 389 Å². The standard InChI is InChI=1S/C78H113N11O19S2/c1-44(2)56(30-31-62(93)88-36-20-24-57(88)71(104-16)48(9)72(98)79-49(10)70(97)52-22-18-17-19-23-52)86(14)76(102)68(46(5)6)83-75(101)69(47(7)8)87(15)77(103)107-43-51-26-28-53(29-27-51)81-73(99)50(11)80-74(100)67(45(3)4)82-60(91)35-39-109-110-78(12,13)42-61(92)85-84-55-34-38-106-59-41-54(40-58(90)66(55)59)105-37-21-25-65(96)108-89-63(94)32-33-64(89)95/h17-19,22-23,26-29,40-41,44-50,56-57,67-71,90,97H,20-21,24-25,30-39,42-43H2,1-16H3,(H,79,98)(H,80,100)(H,81,99)(H,82,91)(H,83,101)(H,85,92)/b84-55+/t48-,49-,50+,56-,57+,67+,68+,69+,70-,71-/m1/s1. The molecule has 0 spiro atoms. The van der Waals surface area contributed by atoms with Crippen LogP contribution in [0.5, 0.6) is 17.2 Å². The molecule has 3 aromatic rings. The molecule has 3 aliphatic rings. The number of methoxy groups -OCH3 is 1. The number of likely N-dealkylation sites (tertiary alicyclic amines) is 1. The smallest absolute Gasteiger partial charge is 0.410 e. The second-order valence-electron chi connectivity index (χ2n) is 30.1. The second kappa shape index (κ2) is 42.4. The van der Waals surface area contributed by atoms with Crippen molar-refractivity contribution in [3.05, 3.63) is 83.4 Å². The van der Waals surface area contributed by atoms with Gasteiger partial charge in [-0.25, -0.2) is 15.0 Å². The first-order valence-electron chi connectivity index (χ1n) is 37.6. The molecule has 0 saturated carbocycles. The van der Waals surface area contributed by atoms with Gasteiger partial charge in [0.05, 0.1) is 61.1 Å². The quantitative estimate of drug-likeness (QED) is 0.0116. The number of anilines is 1. The summed E-state index contributed by atoms with van der Waals surface area (Å²) in [5, 5.41) is 40.8. The van der Waals surface area contributed by atoms with Gasteiger partial charge >= 0.3 is 12.1 Å². The monoisotopic (exact) mass is 1570 g/mol. The summed E-state index contributed by atoms with van der Waals surface area (Å²) in [5.74, 6) is -6.40. The molecule has 3 heterocycles. The number of likely N-dealkylation sites (N-methyl/N-ethyl adjacent to an activating group) is 2. The molecule has 0 radical (unpaired) electrons. The number of phenols is 1. The van der Waals surface area contributed by atoms with Gasteiger partial charge < -0.3 is 70.4 Å². The number of nitrogens with one attached hydrogen (secondary N) is 6. The Morgan fingerprint density at radius 3 is 2.03 bits per heavy atom. The van der Waals surface area contributed by atoms with Crippen molar-refractivity contribution in [1.82, 2.24) is 46.5 Å². The minimum atomic E-state index is -1.05. The normalized spacial score (nSPS) is 17.2. The van der Waals surface area contributed by atoms with Gasteiger partial charge in [0.2, 0.25) is 47.3 Å². The lowest BCUT2D eigenvalue weighted by atomic mass is 9.93. The highest BCUT2D eigenvalue weighted by atomic mass is 33.1. The highest BCUT2D eigenvalue weighted by molar-refractivity contribution is 8.77. The molecule has 6 rings (SSSR count). The van der Waals surface area contributed by atoms with Crippen LogP contribution in [0.2, 0.25) is 0 Å². The number of fused-ring (bicyclic) bond motifs is 1. The van der Waals surface area contributed by atoms with Gasteiger partial charge in [-0.3, -0.25) is 52.8 Å². The average Bonchev–Trinajstić information content (AvgIpc) is 0.895. The molecule has 0 bridgehead atoms. The van der Waals surface area contributed by atoms with Crippen LogP contribution in [-0.2, 0) is 73.7 Å². The molecule has 3 aromatic carbocycles. The van der Waals surface area contributed by atoms with Crippen LogP contribution in [-0.4, -0.2) is 207 Å². The summed E-state index contributed by atoms with van der Waals surface area (Å²) in [6.07, 6.45) is -0.157. The van der Waals surface area contributed by atoms with Gasteiger partial charge in [0.15, 0.2) is 0 Å². The third-order valence-corrected chi connectivity index (χ3v) is 22.7. The number of hydrogen-bond donors (Lipinski definition) is 8. The number of hydrazone groups is 1. The van der Waals surface area contributed by atoms with Crippen molar-refractivity contribution < 1.29 is 91.5 Å². The maximum absolute atomic E-state index is 14.5. The van der Waals surface area contributed by atoms with E-state index in [1.165, 1.54) is 53.6 Å². The summed E-state index contributed by atoms with van der Waals surface area (Å²) < 4.78 is 22.5. The number of hydroxylamine groups is 2. The average molecular weight is 1570 g/mol. The van der Waals surface area contributed by atoms with Crippen molar-refractivity contribution in [3.8, 4) is 17.2 Å². The van der Waals surface area contributed by atoms with E-state index in [1.807, 2.05) is 59.7 Å². The molecule has 3 aliphatic heterocycles. The summed E-state index contributed by atoms with van der Waals surface area (Å²) in [6, 6.07) is 13.0. The fourth-order valence-electron chi connectivity index (χ4n) is 13.2. The molecule has 32 heteroatoms. The Morgan fingerprint density at radius 1 is 0.736 bits per heavy atom. The zero-order valence-corrected chi connectivity index (χ0v) is 67.8. The number of hydrogen-bond acceptors (Lipinski definition) is 22. The predicted molar refractivity (Wildman–Crippen MR) is 415 cm³/mol. The summed E-state index contributed by atoms with van der Waals surface area (Å²) in [5.41, 5.74) is 4.84. The lowest BCUT2D eigenvalue weighted by molar-refractivity contribution is -0.197. The van der Waals surface area contributed by atoms with Crippen molar-refractivity contribution in [2.75, 3.05) is 52.0 Å². The number of carbonyl (C=O) groups is 12. The fourth-order valence-corrected chi connectivity index (χ4v) is 15.7.